The van der Waals surface area contributed by atoms with Crippen molar-refractivity contribution in [3.05, 3.63) is 125 Å². The molecule has 37 heavy (non-hydrogen) atoms. The predicted molar refractivity (Wildman–Crippen MR) is 154 cm³/mol. The average Bonchev–Trinajstić information content (AvgIpc) is 3.20. The molecule has 1 spiro atoms. The van der Waals surface area contributed by atoms with Crippen LogP contribution in [0, 0.1) is 10.8 Å². The molecule has 0 unspecified atom stereocenters. The van der Waals surface area contributed by atoms with Gasteiger partial charge in [-0.2, -0.15) is 5.10 Å². The van der Waals surface area contributed by atoms with Crippen molar-refractivity contribution >= 4 is 17.2 Å². The van der Waals surface area contributed by atoms with Crippen LogP contribution >= 0.6 is 0 Å². The predicted octanol–water partition coefficient (Wildman–Crippen LogP) is 7.96. The van der Waals surface area contributed by atoms with E-state index in [1.165, 1.54) is 5.56 Å². The molecular weight excluding hydrogens is 452 g/mol. The second-order valence-corrected chi connectivity index (χ2v) is 12.2. The Morgan fingerprint density at radius 2 is 1.14 bits per heavy atom. The number of hydrazone groups is 1. The van der Waals surface area contributed by atoms with Gasteiger partial charge in [-0.3, -0.25) is 9.80 Å². The minimum atomic E-state index is -0.687. The van der Waals surface area contributed by atoms with Gasteiger partial charge in [-0.25, -0.2) is 0 Å². The number of nitrogens with zero attached hydrogens (tertiary/aromatic N) is 2. The van der Waals surface area contributed by atoms with Crippen LogP contribution in [0.2, 0.25) is 0 Å². The van der Waals surface area contributed by atoms with Crippen LogP contribution in [0.4, 0.5) is 5.69 Å². The van der Waals surface area contributed by atoms with E-state index < -0.39 is 5.54 Å². The van der Waals surface area contributed by atoms with E-state index >= 15 is 0 Å². The summed E-state index contributed by atoms with van der Waals surface area (Å²) in [6.45, 7) is 12.8. The number of ketones is 1. The number of para-hydroxylation sites is 1. The minimum Gasteiger partial charge on any atom is -0.289 e. The molecule has 5 rings (SSSR count). The summed E-state index contributed by atoms with van der Waals surface area (Å²) in [7, 11) is 0. The van der Waals surface area contributed by atoms with Crippen molar-refractivity contribution in [1.29, 1.82) is 0 Å². The second kappa shape index (κ2) is 8.99. The fourth-order valence-electron chi connectivity index (χ4n) is 5.53. The van der Waals surface area contributed by atoms with Gasteiger partial charge in [0.05, 0.1) is 17.3 Å². The Morgan fingerprint density at radius 1 is 0.676 bits per heavy atom. The second-order valence-electron chi connectivity index (χ2n) is 12.2. The molecule has 1 aliphatic heterocycles. The molecule has 0 bridgehead atoms. The summed E-state index contributed by atoms with van der Waals surface area (Å²) in [4.78, 5) is 14.0. The molecule has 1 heterocycles. The van der Waals surface area contributed by atoms with Gasteiger partial charge in [0.1, 0.15) is 5.54 Å². The van der Waals surface area contributed by atoms with Crippen LogP contribution < -0.4 is 5.01 Å². The summed E-state index contributed by atoms with van der Waals surface area (Å²) in [5, 5.41) is 7.52. The van der Waals surface area contributed by atoms with E-state index in [9.17, 15) is 4.79 Å². The Morgan fingerprint density at radius 3 is 1.62 bits per heavy atom. The van der Waals surface area contributed by atoms with Crippen molar-refractivity contribution in [1.82, 2.24) is 0 Å². The largest absolute Gasteiger partial charge is 0.289 e. The Labute approximate surface area is 221 Å². The first-order valence-corrected chi connectivity index (χ1v) is 13.1. The van der Waals surface area contributed by atoms with Crippen LogP contribution in [0.1, 0.15) is 58.6 Å². The molecule has 0 amide bonds. The third-order valence-corrected chi connectivity index (χ3v) is 7.37. The fraction of sp³-hybridized carbons (Fsp3) is 0.294. The molecule has 0 saturated heterocycles. The van der Waals surface area contributed by atoms with Gasteiger partial charge in [-0.1, -0.05) is 120 Å². The molecule has 3 heteroatoms. The highest BCUT2D eigenvalue weighted by atomic mass is 16.1. The van der Waals surface area contributed by atoms with E-state index in [2.05, 4.69) is 125 Å². The standard InChI is InChI=1S/C34H36N2O/c1-32(2,3)27-22-34(23-28(31(27)37)33(4,5)6)29(24-16-10-7-11-17-24)30(25-18-12-8-13-19-25)35-36(34)26-20-14-9-15-21-26/h7-23,29H,1-6H3/t29-/m1/s1. The lowest BCUT2D eigenvalue weighted by atomic mass is 9.64. The summed E-state index contributed by atoms with van der Waals surface area (Å²) in [6, 6.07) is 31.4. The van der Waals surface area contributed by atoms with Gasteiger partial charge in [-0.05, 0) is 46.2 Å². The van der Waals surface area contributed by atoms with E-state index in [-0.39, 0.29) is 22.5 Å². The zero-order valence-electron chi connectivity index (χ0n) is 22.7. The van der Waals surface area contributed by atoms with Gasteiger partial charge < -0.3 is 0 Å². The number of allylic oxidation sites excluding steroid dienone is 2. The Balaban J connectivity index is 1.89. The molecule has 0 radical (unpaired) electrons. The first kappa shape index (κ1) is 25.0. The lowest BCUT2D eigenvalue weighted by molar-refractivity contribution is -0.114. The van der Waals surface area contributed by atoms with Crippen molar-refractivity contribution in [2.24, 2.45) is 15.9 Å². The number of Topliss-reactive ketones (excluding diaryl/α,β-unsaturated/α-hetero) is 1. The molecule has 1 aliphatic carbocycles. The van der Waals surface area contributed by atoms with Crippen LogP contribution in [-0.4, -0.2) is 17.0 Å². The van der Waals surface area contributed by atoms with E-state index in [0.29, 0.717) is 0 Å². The van der Waals surface area contributed by atoms with E-state index in [1.807, 2.05) is 24.3 Å². The molecule has 3 aromatic rings. The Kier molecular flexibility index (Phi) is 6.06. The maximum atomic E-state index is 14.0. The van der Waals surface area contributed by atoms with Crippen LogP contribution in [0.5, 0.6) is 0 Å². The molecule has 0 saturated carbocycles. The smallest absolute Gasteiger partial charge is 0.185 e. The van der Waals surface area contributed by atoms with E-state index in [0.717, 1.165) is 28.1 Å². The maximum Gasteiger partial charge on any atom is 0.185 e. The van der Waals surface area contributed by atoms with Crippen molar-refractivity contribution in [2.45, 2.75) is 53.0 Å². The summed E-state index contributed by atoms with van der Waals surface area (Å²) in [5.41, 5.74) is 4.60. The molecule has 188 valence electrons. The Bertz CT molecular complexity index is 1350. The first-order chi connectivity index (χ1) is 17.5. The molecule has 3 nitrogen and oxygen atoms in total. The third-order valence-electron chi connectivity index (χ3n) is 7.37. The number of benzene rings is 3. The lowest BCUT2D eigenvalue weighted by Crippen LogP contribution is -2.49. The van der Waals surface area contributed by atoms with Gasteiger partial charge in [0, 0.05) is 11.1 Å². The number of anilines is 1. The Hall–Kier alpha value is -3.72. The van der Waals surface area contributed by atoms with Gasteiger partial charge in [0.15, 0.2) is 5.78 Å². The highest BCUT2D eigenvalue weighted by molar-refractivity contribution is 6.14. The van der Waals surface area contributed by atoms with Gasteiger partial charge in [0.2, 0.25) is 0 Å². The van der Waals surface area contributed by atoms with Crippen LogP contribution in [0.15, 0.2) is 119 Å². The number of rotatable bonds is 3. The summed E-state index contributed by atoms with van der Waals surface area (Å²) in [6.07, 6.45) is 4.43. The third kappa shape index (κ3) is 4.37. The quantitative estimate of drug-likeness (QED) is 0.375. The number of carbonyl (C=O) groups is 1. The van der Waals surface area contributed by atoms with Crippen molar-refractivity contribution < 1.29 is 4.79 Å². The highest BCUT2D eigenvalue weighted by Crippen LogP contribution is 2.52. The zero-order chi connectivity index (χ0) is 26.4. The molecular formula is C34H36N2O. The number of hydrogen-bond donors (Lipinski definition) is 0. The SMILES string of the molecule is CC(C)(C)C1=CC2(C=C(C(C)(C)C)C1=O)[C@H](c1ccccc1)C(c1ccccc1)=NN2c1ccccc1. The van der Waals surface area contributed by atoms with E-state index in [1.54, 1.807) is 0 Å². The van der Waals surface area contributed by atoms with Crippen LogP contribution in [-0.2, 0) is 4.79 Å². The highest BCUT2D eigenvalue weighted by Gasteiger charge is 2.54. The number of hydrogen-bond acceptors (Lipinski definition) is 3. The van der Waals surface area contributed by atoms with Crippen molar-refractivity contribution in [3.8, 4) is 0 Å². The minimum absolute atomic E-state index is 0.112. The van der Waals surface area contributed by atoms with Gasteiger partial charge in [0.25, 0.3) is 0 Å². The summed E-state index contributed by atoms with van der Waals surface area (Å²) in [5.74, 6) is 0.0257. The zero-order valence-corrected chi connectivity index (χ0v) is 22.7. The fourth-order valence-corrected chi connectivity index (χ4v) is 5.53. The number of carbonyl (C=O) groups excluding carboxylic acids is 1. The average molecular weight is 489 g/mol. The topological polar surface area (TPSA) is 32.7 Å². The van der Waals surface area contributed by atoms with Gasteiger partial charge in [-0.15, -0.1) is 0 Å². The molecule has 0 fully saturated rings. The summed E-state index contributed by atoms with van der Waals surface area (Å²) < 4.78 is 0. The maximum absolute atomic E-state index is 14.0. The van der Waals surface area contributed by atoms with Crippen LogP contribution in [0.25, 0.3) is 0 Å². The summed E-state index contributed by atoms with van der Waals surface area (Å²) >= 11 is 0. The molecule has 2 aliphatic rings. The monoisotopic (exact) mass is 488 g/mol. The molecule has 0 aromatic heterocycles. The van der Waals surface area contributed by atoms with E-state index in [4.69, 9.17) is 5.10 Å². The van der Waals surface area contributed by atoms with Crippen molar-refractivity contribution in [2.75, 3.05) is 5.01 Å². The molecule has 0 N–H and O–H groups in total. The molecule has 3 aromatic carbocycles. The first-order valence-electron chi connectivity index (χ1n) is 13.1. The van der Waals surface area contributed by atoms with Crippen molar-refractivity contribution in [3.63, 3.8) is 0 Å². The normalized spacial score (nSPS) is 19.5. The van der Waals surface area contributed by atoms with Gasteiger partial charge >= 0.3 is 0 Å². The lowest BCUT2D eigenvalue weighted by Gasteiger charge is -2.44. The van der Waals surface area contributed by atoms with Crippen LogP contribution in [0.3, 0.4) is 0 Å². The molecule has 1 atom stereocenters.